The van der Waals surface area contributed by atoms with Crippen LogP contribution in [0.1, 0.15) is 25.5 Å². The number of hydrogen-bond acceptors (Lipinski definition) is 3. The van der Waals surface area contributed by atoms with Crippen LogP contribution in [0, 0.1) is 0 Å². The van der Waals surface area contributed by atoms with Gasteiger partial charge in [0, 0.05) is 24.2 Å². The summed E-state index contributed by atoms with van der Waals surface area (Å²) in [4.78, 5) is 16.6. The number of rotatable bonds is 2. The molecule has 6 heteroatoms. The van der Waals surface area contributed by atoms with Crippen LogP contribution in [0.4, 0.5) is 0 Å². The summed E-state index contributed by atoms with van der Waals surface area (Å²) >= 11 is 0. The van der Waals surface area contributed by atoms with Crippen molar-refractivity contribution < 1.29 is 0 Å². The van der Waals surface area contributed by atoms with E-state index in [2.05, 4.69) is 34.1 Å². The van der Waals surface area contributed by atoms with E-state index in [1.54, 1.807) is 18.5 Å². The Morgan fingerprint density at radius 2 is 2.22 bits per heavy atom. The lowest BCUT2D eigenvalue weighted by Gasteiger charge is -1.99. The molecule has 92 valence electrons. The highest BCUT2D eigenvalue weighted by atomic mass is 16.1. The van der Waals surface area contributed by atoms with Crippen LogP contribution < -0.4 is 5.56 Å². The van der Waals surface area contributed by atoms with E-state index in [0.717, 1.165) is 5.69 Å². The minimum absolute atomic E-state index is 0.129. The summed E-state index contributed by atoms with van der Waals surface area (Å²) in [5.41, 5.74) is 2.66. The molecule has 0 unspecified atom stereocenters. The van der Waals surface area contributed by atoms with Gasteiger partial charge in [0.1, 0.15) is 0 Å². The minimum atomic E-state index is -0.129. The summed E-state index contributed by atoms with van der Waals surface area (Å²) in [5, 5.41) is 9.69. The normalized spacial score (nSPS) is 11.5. The number of hydrogen-bond donors (Lipinski definition) is 2. The van der Waals surface area contributed by atoms with Crippen LogP contribution in [-0.2, 0) is 0 Å². The molecule has 2 N–H and O–H groups in total. The van der Waals surface area contributed by atoms with Gasteiger partial charge in [-0.15, -0.1) is 0 Å². The molecule has 0 aliphatic rings. The fraction of sp³-hybridized carbons (Fsp3) is 0.250. The number of aromatic amines is 2. The molecule has 3 aromatic heterocycles. The van der Waals surface area contributed by atoms with Crippen LogP contribution in [-0.4, -0.2) is 24.8 Å². The molecule has 18 heavy (non-hydrogen) atoms. The van der Waals surface area contributed by atoms with Crippen molar-refractivity contribution in [2.45, 2.75) is 19.8 Å². The molecule has 3 aromatic rings. The molecule has 0 radical (unpaired) electrons. The van der Waals surface area contributed by atoms with Gasteiger partial charge in [-0.2, -0.15) is 5.10 Å². The first-order chi connectivity index (χ1) is 8.66. The Morgan fingerprint density at radius 1 is 1.39 bits per heavy atom. The summed E-state index contributed by atoms with van der Waals surface area (Å²) in [7, 11) is 0. The van der Waals surface area contributed by atoms with Crippen molar-refractivity contribution >= 4 is 5.65 Å². The van der Waals surface area contributed by atoms with E-state index >= 15 is 0 Å². The molecule has 0 saturated carbocycles. The molecule has 3 heterocycles. The number of nitrogens with zero attached hydrogens (tertiary/aromatic N) is 3. The Morgan fingerprint density at radius 3 is 2.89 bits per heavy atom. The summed E-state index contributed by atoms with van der Waals surface area (Å²) in [6.07, 6.45) is 3.18. The van der Waals surface area contributed by atoms with Gasteiger partial charge in [0.2, 0.25) is 0 Å². The predicted molar refractivity (Wildman–Crippen MR) is 67.5 cm³/mol. The summed E-state index contributed by atoms with van der Waals surface area (Å²) < 4.78 is 1.46. The van der Waals surface area contributed by atoms with Crippen LogP contribution in [0.5, 0.6) is 0 Å². The molecular weight excluding hydrogens is 230 g/mol. The molecule has 0 bridgehead atoms. The van der Waals surface area contributed by atoms with E-state index < -0.39 is 0 Å². The van der Waals surface area contributed by atoms with Crippen molar-refractivity contribution in [3.05, 3.63) is 40.6 Å². The molecule has 3 rings (SSSR count). The first kappa shape index (κ1) is 10.8. The molecule has 6 nitrogen and oxygen atoms in total. The predicted octanol–water partition coefficient (Wildman–Crippen LogP) is 1.54. The van der Waals surface area contributed by atoms with Gasteiger partial charge in [-0.3, -0.25) is 15.0 Å². The van der Waals surface area contributed by atoms with Crippen LogP contribution in [0.25, 0.3) is 16.9 Å². The van der Waals surface area contributed by atoms with Gasteiger partial charge in [0.05, 0.1) is 11.3 Å². The standard InChI is InChI=1S/C12H13N5O/c1-7(2)10-5-11-13-6-8(9-3-4-14-15-9)12(18)17(11)16-10/h3-7,16H,1-2H3,(H,14,15). The van der Waals surface area contributed by atoms with E-state index in [4.69, 9.17) is 0 Å². The third-order valence-electron chi connectivity index (χ3n) is 2.93. The largest absolute Gasteiger partial charge is 0.293 e. The monoisotopic (exact) mass is 243 g/mol. The van der Waals surface area contributed by atoms with Gasteiger partial charge in [-0.05, 0) is 12.0 Å². The van der Waals surface area contributed by atoms with E-state index in [1.165, 1.54) is 4.52 Å². The number of fused-ring (bicyclic) bond motifs is 1. The van der Waals surface area contributed by atoms with Crippen molar-refractivity contribution in [1.82, 2.24) is 24.8 Å². The van der Waals surface area contributed by atoms with Gasteiger partial charge >= 0.3 is 0 Å². The van der Waals surface area contributed by atoms with Crippen LogP contribution in [0.15, 0.2) is 29.3 Å². The summed E-state index contributed by atoms with van der Waals surface area (Å²) in [6.45, 7) is 4.12. The zero-order chi connectivity index (χ0) is 12.7. The molecule has 0 aliphatic heterocycles. The highest BCUT2D eigenvalue weighted by Crippen LogP contribution is 2.15. The molecule has 0 amide bonds. The maximum Gasteiger partial charge on any atom is 0.282 e. The molecule has 0 aromatic carbocycles. The van der Waals surface area contributed by atoms with Gasteiger partial charge in [0.25, 0.3) is 5.56 Å². The molecule has 0 spiro atoms. The lowest BCUT2D eigenvalue weighted by Crippen LogP contribution is -2.17. The third-order valence-corrected chi connectivity index (χ3v) is 2.93. The van der Waals surface area contributed by atoms with Gasteiger partial charge in [-0.25, -0.2) is 9.50 Å². The average molecular weight is 243 g/mol. The quantitative estimate of drug-likeness (QED) is 0.716. The maximum absolute atomic E-state index is 12.3. The molecular formula is C12H13N5O. The van der Waals surface area contributed by atoms with E-state index in [1.807, 2.05) is 6.07 Å². The molecule has 0 aliphatic carbocycles. The second kappa shape index (κ2) is 3.83. The highest BCUT2D eigenvalue weighted by Gasteiger charge is 2.11. The number of aromatic nitrogens is 5. The Hall–Kier alpha value is -2.37. The van der Waals surface area contributed by atoms with Crippen molar-refractivity contribution in [2.24, 2.45) is 0 Å². The van der Waals surface area contributed by atoms with E-state index in [0.29, 0.717) is 22.8 Å². The smallest absolute Gasteiger partial charge is 0.282 e. The second-order valence-electron chi connectivity index (χ2n) is 4.51. The second-order valence-corrected chi connectivity index (χ2v) is 4.51. The lowest BCUT2D eigenvalue weighted by molar-refractivity contribution is 0.777. The van der Waals surface area contributed by atoms with Crippen molar-refractivity contribution in [3.63, 3.8) is 0 Å². The highest BCUT2D eigenvalue weighted by molar-refractivity contribution is 5.58. The Kier molecular flexibility index (Phi) is 2.29. The topological polar surface area (TPSA) is 78.8 Å². The Bertz CT molecular complexity index is 736. The third kappa shape index (κ3) is 1.54. The lowest BCUT2D eigenvalue weighted by atomic mass is 10.1. The van der Waals surface area contributed by atoms with Gasteiger partial charge in [0.15, 0.2) is 5.65 Å². The van der Waals surface area contributed by atoms with E-state index in [9.17, 15) is 4.79 Å². The minimum Gasteiger partial charge on any atom is -0.293 e. The Labute approximate surface area is 103 Å². The zero-order valence-electron chi connectivity index (χ0n) is 10.1. The summed E-state index contributed by atoms with van der Waals surface area (Å²) in [6, 6.07) is 3.64. The first-order valence-corrected chi connectivity index (χ1v) is 5.77. The summed E-state index contributed by atoms with van der Waals surface area (Å²) in [5.74, 6) is 0.321. The fourth-order valence-corrected chi connectivity index (χ4v) is 1.86. The fourth-order valence-electron chi connectivity index (χ4n) is 1.86. The SMILES string of the molecule is CC(C)c1cc2ncc(-c3ccn[nH]3)c(=O)n2[nH]1. The number of H-pyrrole nitrogens is 2. The van der Waals surface area contributed by atoms with Crippen molar-refractivity contribution in [3.8, 4) is 11.3 Å². The van der Waals surface area contributed by atoms with Crippen molar-refractivity contribution in [1.29, 1.82) is 0 Å². The van der Waals surface area contributed by atoms with Gasteiger partial charge in [-0.1, -0.05) is 13.8 Å². The first-order valence-electron chi connectivity index (χ1n) is 5.77. The van der Waals surface area contributed by atoms with Crippen LogP contribution in [0.2, 0.25) is 0 Å². The zero-order valence-corrected chi connectivity index (χ0v) is 10.1. The van der Waals surface area contributed by atoms with Crippen LogP contribution in [0.3, 0.4) is 0 Å². The average Bonchev–Trinajstić information content (AvgIpc) is 2.97. The molecule has 0 fully saturated rings. The van der Waals surface area contributed by atoms with Gasteiger partial charge < -0.3 is 0 Å². The van der Waals surface area contributed by atoms with Crippen LogP contribution >= 0.6 is 0 Å². The van der Waals surface area contributed by atoms with Crippen molar-refractivity contribution in [2.75, 3.05) is 0 Å². The van der Waals surface area contributed by atoms with E-state index in [-0.39, 0.29) is 5.56 Å². The molecule has 0 atom stereocenters. The maximum atomic E-state index is 12.3. The molecule has 0 saturated heterocycles. The number of nitrogens with one attached hydrogen (secondary N) is 2. The Balaban J connectivity index is 2.26.